The second-order valence-corrected chi connectivity index (χ2v) is 4.81. The molecule has 0 unspecified atom stereocenters. The highest BCUT2D eigenvalue weighted by atomic mass is 16.2. The third-order valence-electron chi connectivity index (χ3n) is 3.15. The van der Waals surface area contributed by atoms with Gasteiger partial charge in [-0.05, 0) is 30.0 Å². The van der Waals surface area contributed by atoms with Gasteiger partial charge in [-0.1, -0.05) is 13.0 Å². The van der Waals surface area contributed by atoms with Gasteiger partial charge in [-0.15, -0.1) is 0 Å². The minimum Gasteiger partial charge on any atom is -0.347 e. The third kappa shape index (κ3) is 3.82. The lowest BCUT2D eigenvalue weighted by Crippen LogP contribution is -2.36. The van der Waals surface area contributed by atoms with Crippen molar-refractivity contribution in [3.8, 4) is 0 Å². The van der Waals surface area contributed by atoms with Gasteiger partial charge in [-0.3, -0.25) is 9.59 Å². The van der Waals surface area contributed by atoms with Gasteiger partial charge in [0.25, 0.3) is 0 Å². The van der Waals surface area contributed by atoms with Gasteiger partial charge >= 0.3 is 0 Å². The maximum atomic E-state index is 11.7. The standard InChI is InChI=1S/C15H20N4O2/c1-2-6-19-7-5-11-3-4-12(8-13(11)19)18-15(21)10-17-14(20)9-16/h3-5,7-8H,2,6,9-10,16H2,1H3,(H,17,20)(H,18,21). The molecule has 0 aliphatic carbocycles. The molecule has 0 saturated heterocycles. The van der Waals surface area contributed by atoms with Gasteiger partial charge in [0.1, 0.15) is 0 Å². The lowest BCUT2D eigenvalue weighted by atomic mass is 10.2. The third-order valence-corrected chi connectivity index (χ3v) is 3.15. The summed E-state index contributed by atoms with van der Waals surface area (Å²) in [5, 5.41) is 6.34. The molecule has 4 N–H and O–H groups in total. The second-order valence-electron chi connectivity index (χ2n) is 4.81. The van der Waals surface area contributed by atoms with Crippen molar-refractivity contribution in [3.05, 3.63) is 30.5 Å². The van der Waals surface area contributed by atoms with Crippen LogP contribution in [0.15, 0.2) is 30.5 Å². The predicted molar refractivity (Wildman–Crippen MR) is 82.9 cm³/mol. The quantitative estimate of drug-likeness (QED) is 0.742. The highest BCUT2D eigenvalue weighted by Gasteiger charge is 2.06. The van der Waals surface area contributed by atoms with Crippen LogP contribution in [0.4, 0.5) is 5.69 Å². The molecule has 6 heteroatoms. The summed E-state index contributed by atoms with van der Waals surface area (Å²) in [7, 11) is 0. The van der Waals surface area contributed by atoms with E-state index >= 15 is 0 Å². The van der Waals surface area contributed by atoms with E-state index in [4.69, 9.17) is 5.73 Å². The Morgan fingerprint density at radius 1 is 1.24 bits per heavy atom. The Balaban J connectivity index is 2.06. The Morgan fingerprint density at radius 2 is 2.05 bits per heavy atom. The predicted octanol–water partition coefficient (Wildman–Crippen LogP) is 1.06. The molecule has 2 aromatic rings. The average molecular weight is 288 g/mol. The molecule has 0 atom stereocenters. The Kier molecular flexibility index (Phi) is 4.94. The molecule has 2 rings (SSSR count). The number of rotatable bonds is 6. The van der Waals surface area contributed by atoms with E-state index in [1.165, 1.54) is 0 Å². The molecule has 0 spiro atoms. The van der Waals surface area contributed by atoms with Crippen LogP contribution < -0.4 is 16.4 Å². The molecule has 2 amide bonds. The van der Waals surface area contributed by atoms with Crippen molar-refractivity contribution in [1.82, 2.24) is 9.88 Å². The lowest BCUT2D eigenvalue weighted by Gasteiger charge is -2.08. The van der Waals surface area contributed by atoms with Gasteiger partial charge in [0.05, 0.1) is 18.6 Å². The number of carbonyl (C=O) groups is 2. The highest BCUT2D eigenvalue weighted by Crippen LogP contribution is 2.20. The minimum atomic E-state index is -0.350. The molecule has 0 bridgehead atoms. The van der Waals surface area contributed by atoms with E-state index < -0.39 is 0 Å². The highest BCUT2D eigenvalue weighted by molar-refractivity contribution is 5.96. The molecular weight excluding hydrogens is 268 g/mol. The maximum absolute atomic E-state index is 11.7. The number of amides is 2. The molecule has 1 heterocycles. The van der Waals surface area contributed by atoms with Gasteiger partial charge in [0.15, 0.2) is 0 Å². The molecule has 21 heavy (non-hydrogen) atoms. The van der Waals surface area contributed by atoms with Gasteiger partial charge in [-0.25, -0.2) is 0 Å². The van der Waals surface area contributed by atoms with E-state index in [1.54, 1.807) is 0 Å². The fraction of sp³-hybridized carbons (Fsp3) is 0.333. The van der Waals surface area contributed by atoms with Crippen LogP contribution in [-0.4, -0.2) is 29.5 Å². The van der Waals surface area contributed by atoms with Crippen molar-refractivity contribution in [2.24, 2.45) is 5.73 Å². The Hall–Kier alpha value is -2.34. The molecule has 1 aromatic heterocycles. The van der Waals surface area contributed by atoms with Crippen molar-refractivity contribution < 1.29 is 9.59 Å². The van der Waals surface area contributed by atoms with Crippen LogP contribution in [0, 0.1) is 0 Å². The summed E-state index contributed by atoms with van der Waals surface area (Å²) in [4.78, 5) is 22.8. The first kappa shape index (κ1) is 15.1. The summed E-state index contributed by atoms with van der Waals surface area (Å²) < 4.78 is 2.15. The zero-order valence-corrected chi connectivity index (χ0v) is 12.1. The second kappa shape index (κ2) is 6.90. The molecule has 0 radical (unpaired) electrons. The number of aromatic nitrogens is 1. The van der Waals surface area contributed by atoms with E-state index in [9.17, 15) is 9.59 Å². The number of hydrogen-bond donors (Lipinski definition) is 3. The van der Waals surface area contributed by atoms with Gasteiger partial charge in [-0.2, -0.15) is 0 Å². The van der Waals surface area contributed by atoms with Crippen molar-refractivity contribution in [3.63, 3.8) is 0 Å². The van der Waals surface area contributed by atoms with Gasteiger partial charge < -0.3 is 20.9 Å². The summed E-state index contributed by atoms with van der Waals surface area (Å²) in [6.07, 6.45) is 3.09. The zero-order valence-electron chi connectivity index (χ0n) is 12.1. The molecule has 1 aromatic carbocycles. The number of nitrogens with two attached hydrogens (primary N) is 1. The molecule has 0 aliphatic heterocycles. The van der Waals surface area contributed by atoms with Crippen LogP contribution in [0.3, 0.4) is 0 Å². The number of nitrogens with zero attached hydrogens (tertiary/aromatic N) is 1. The molecule has 0 fully saturated rings. The Morgan fingerprint density at radius 3 is 2.76 bits per heavy atom. The summed E-state index contributed by atoms with van der Waals surface area (Å²) >= 11 is 0. The zero-order chi connectivity index (χ0) is 15.2. The van der Waals surface area contributed by atoms with Gasteiger partial charge in [0, 0.05) is 18.4 Å². The molecule has 0 aliphatic rings. The maximum Gasteiger partial charge on any atom is 0.243 e. The SMILES string of the molecule is CCCn1ccc2ccc(NC(=O)CNC(=O)CN)cc21. The van der Waals surface area contributed by atoms with E-state index in [0.717, 1.165) is 23.9 Å². The van der Waals surface area contributed by atoms with Crippen molar-refractivity contribution in [1.29, 1.82) is 0 Å². The number of benzene rings is 1. The smallest absolute Gasteiger partial charge is 0.243 e. The molecule has 0 saturated carbocycles. The van der Waals surface area contributed by atoms with Gasteiger partial charge in [0.2, 0.25) is 11.8 Å². The minimum absolute atomic E-state index is 0.0793. The number of aryl methyl sites for hydroxylation is 1. The summed E-state index contributed by atoms with van der Waals surface area (Å²) in [5.74, 6) is -0.623. The first-order valence-corrected chi connectivity index (χ1v) is 6.99. The first-order chi connectivity index (χ1) is 10.1. The Labute approximate surface area is 123 Å². The lowest BCUT2D eigenvalue weighted by molar-refractivity contribution is -0.123. The van der Waals surface area contributed by atoms with Crippen LogP contribution in [-0.2, 0) is 16.1 Å². The Bertz CT molecular complexity index is 648. The number of anilines is 1. The van der Waals surface area contributed by atoms with E-state index in [-0.39, 0.29) is 24.9 Å². The van der Waals surface area contributed by atoms with Crippen LogP contribution in [0.5, 0.6) is 0 Å². The largest absolute Gasteiger partial charge is 0.347 e. The first-order valence-electron chi connectivity index (χ1n) is 6.99. The fourth-order valence-electron chi connectivity index (χ4n) is 2.15. The molecular formula is C15H20N4O2. The summed E-state index contributed by atoms with van der Waals surface area (Å²) in [5.41, 5.74) is 6.96. The molecule has 112 valence electrons. The van der Waals surface area contributed by atoms with Crippen molar-refractivity contribution in [2.45, 2.75) is 19.9 Å². The van der Waals surface area contributed by atoms with Crippen LogP contribution >= 0.6 is 0 Å². The normalized spacial score (nSPS) is 10.6. The van der Waals surface area contributed by atoms with Crippen LogP contribution in [0.25, 0.3) is 10.9 Å². The fourth-order valence-corrected chi connectivity index (χ4v) is 2.15. The van der Waals surface area contributed by atoms with Crippen LogP contribution in [0.2, 0.25) is 0 Å². The summed E-state index contributed by atoms with van der Waals surface area (Å²) in [6, 6.07) is 7.81. The van der Waals surface area contributed by atoms with E-state index in [0.29, 0.717) is 5.69 Å². The number of nitrogens with one attached hydrogen (secondary N) is 2. The number of hydrogen-bond acceptors (Lipinski definition) is 3. The number of carbonyl (C=O) groups excluding carboxylic acids is 2. The average Bonchev–Trinajstić information content (AvgIpc) is 2.88. The summed E-state index contributed by atoms with van der Waals surface area (Å²) in [6.45, 7) is 2.86. The van der Waals surface area contributed by atoms with E-state index in [1.807, 2.05) is 24.4 Å². The monoisotopic (exact) mass is 288 g/mol. The van der Waals surface area contributed by atoms with Crippen molar-refractivity contribution in [2.75, 3.05) is 18.4 Å². The van der Waals surface area contributed by atoms with Crippen molar-refractivity contribution >= 4 is 28.4 Å². The van der Waals surface area contributed by atoms with Crippen LogP contribution in [0.1, 0.15) is 13.3 Å². The topological polar surface area (TPSA) is 89.2 Å². The molecule has 6 nitrogen and oxygen atoms in total. The van der Waals surface area contributed by atoms with E-state index in [2.05, 4.69) is 28.2 Å². The number of fused-ring (bicyclic) bond motifs is 1.